The first kappa shape index (κ1) is 14.9. The molecule has 1 amide bonds. The largest absolute Gasteiger partial charge is 0.481 e. The van der Waals surface area contributed by atoms with Crippen LogP contribution >= 0.6 is 0 Å². The van der Waals surface area contributed by atoms with Crippen molar-refractivity contribution in [3.63, 3.8) is 0 Å². The lowest BCUT2D eigenvalue weighted by molar-refractivity contribution is -0.136. The Morgan fingerprint density at radius 1 is 1.37 bits per heavy atom. The Labute approximate surface area is 111 Å². The Morgan fingerprint density at radius 3 is 2.74 bits per heavy atom. The normalized spacial score (nSPS) is 10.2. The van der Waals surface area contributed by atoms with Gasteiger partial charge in [0.15, 0.2) is 0 Å². The van der Waals surface area contributed by atoms with Gasteiger partial charge in [-0.25, -0.2) is 0 Å². The fraction of sp³-hybridized carbons (Fsp3) is 0.462. The van der Waals surface area contributed by atoms with E-state index in [0.717, 1.165) is 5.56 Å². The molecule has 1 aromatic rings. The van der Waals surface area contributed by atoms with Crippen molar-refractivity contribution in [2.24, 2.45) is 0 Å². The van der Waals surface area contributed by atoms with E-state index in [4.69, 9.17) is 5.11 Å². The fourth-order valence-corrected chi connectivity index (χ4v) is 1.60. The van der Waals surface area contributed by atoms with Gasteiger partial charge in [-0.05, 0) is 25.0 Å². The van der Waals surface area contributed by atoms with E-state index >= 15 is 0 Å². The number of amides is 1. The van der Waals surface area contributed by atoms with Crippen molar-refractivity contribution in [2.75, 3.05) is 6.54 Å². The van der Waals surface area contributed by atoms with Gasteiger partial charge in [-0.2, -0.15) is 0 Å². The number of aliphatic carboxylic acids is 1. The van der Waals surface area contributed by atoms with Crippen LogP contribution in [0.4, 0.5) is 0 Å². The summed E-state index contributed by atoms with van der Waals surface area (Å²) in [5.41, 5.74) is 0.832. The van der Waals surface area contributed by atoms with Crippen LogP contribution in [0.2, 0.25) is 0 Å². The molecule has 0 saturated carbocycles. The van der Waals surface area contributed by atoms with E-state index in [2.05, 4.69) is 5.32 Å². The number of carbonyl (C=O) groups is 2. The first-order chi connectivity index (χ1) is 8.99. The summed E-state index contributed by atoms with van der Waals surface area (Å²) in [6, 6.07) is 3.39. The van der Waals surface area contributed by atoms with Gasteiger partial charge in [0.25, 0.3) is 5.56 Å². The molecule has 0 radical (unpaired) electrons. The molecule has 0 unspecified atom stereocenters. The Hall–Kier alpha value is -2.11. The fourth-order valence-electron chi connectivity index (χ4n) is 1.60. The third-order valence-electron chi connectivity index (χ3n) is 2.62. The van der Waals surface area contributed by atoms with Crippen LogP contribution < -0.4 is 10.9 Å². The Kier molecular flexibility index (Phi) is 5.78. The number of aromatic nitrogens is 1. The zero-order valence-corrected chi connectivity index (χ0v) is 10.9. The summed E-state index contributed by atoms with van der Waals surface area (Å²) in [5.74, 6) is -1.13. The molecule has 1 heterocycles. The van der Waals surface area contributed by atoms with Gasteiger partial charge in [0.1, 0.15) is 0 Å². The summed E-state index contributed by atoms with van der Waals surface area (Å²) in [4.78, 5) is 33.2. The number of hydrogen-bond acceptors (Lipinski definition) is 3. The summed E-state index contributed by atoms with van der Waals surface area (Å²) < 4.78 is 1.55. The second-order valence-corrected chi connectivity index (χ2v) is 4.33. The number of nitrogens with one attached hydrogen (secondary N) is 1. The first-order valence-electron chi connectivity index (χ1n) is 6.14. The number of hydrogen-bond donors (Lipinski definition) is 2. The maximum atomic E-state index is 11.6. The minimum Gasteiger partial charge on any atom is -0.481 e. The highest BCUT2D eigenvalue weighted by molar-refractivity contribution is 5.76. The minimum absolute atomic E-state index is 0.0775. The first-order valence-corrected chi connectivity index (χ1v) is 6.14. The minimum atomic E-state index is -0.938. The molecule has 0 bridgehead atoms. The Bertz CT molecular complexity index is 508. The molecule has 6 heteroatoms. The van der Waals surface area contributed by atoms with E-state index in [9.17, 15) is 14.4 Å². The average molecular weight is 266 g/mol. The van der Waals surface area contributed by atoms with Crippen molar-refractivity contribution in [1.29, 1.82) is 0 Å². The number of aryl methyl sites for hydroxylation is 2. The number of rotatable bonds is 7. The molecule has 0 spiro atoms. The molecule has 104 valence electrons. The highest BCUT2D eigenvalue weighted by atomic mass is 16.4. The molecule has 0 aliphatic heterocycles. The van der Waals surface area contributed by atoms with E-state index in [1.807, 2.05) is 13.0 Å². The highest BCUT2D eigenvalue weighted by Crippen LogP contribution is 1.96. The van der Waals surface area contributed by atoms with E-state index in [0.29, 0.717) is 13.0 Å². The number of nitrogens with zero attached hydrogens (tertiary/aromatic N) is 1. The molecular formula is C13H18N2O4. The zero-order chi connectivity index (χ0) is 14.3. The van der Waals surface area contributed by atoms with E-state index in [1.54, 1.807) is 16.8 Å². The van der Waals surface area contributed by atoms with Crippen LogP contribution in [-0.4, -0.2) is 28.1 Å². The Balaban J connectivity index is 2.28. The highest BCUT2D eigenvalue weighted by Gasteiger charge is 2.03. The summed E-state index contributed by atoms with van der Waals surface area (Å²) in [6.07, 6.45) is 2.45. The van der Waals surface area contributed by atoms with Gasteiger partial charge < -0.3 is 15.0 Å². The third-order valence-corrected chi connectivity index (χ3v) is 2.62. The maximum Gasteiger partial charge on any atom is 0.305 e. The van der Waals surface area contributed by atoms with Crippen molar-refractivity contribution in [2.45, 2.75) is 32.7 Å². The molecule has 0 saturated heterocycles. The van der Waals surface area contributed by atoms with Crippen LogP contribution in [0, 0.1) is 6.92 Å². The van der Waals surface area contributed by atoms with E-state index in [1.165, 1.54) is 0 Å². The van der Waals surface area contributed by atoms with Crippen LogP contribution in [0.1, 0.15) is 24.8 Å². The number of carbonyl (C=O) groups excluding carboxylic acids is 1. The second kappa shape index (κ2) is 7.35. The predicted octanol–water partition coefficient (Wildman–Crippen LogP) is 0.528. The van der Waals surface area contributed by atoms with Crippen molar-refractivity contribution >= 4 is 11.9 Å². The number of pyridine rings is 1. The predicted molar refractivity (Wildman–Crippen MR) is 69.9 cm³/mol. The average Bonchev–Trinajstić information content (AvgIpc) is 2.31. The quantitative estimate of drug-likeness (QED) is 0.753. The van der Waals surface area contributed by atoms with Gasteiger partial charge in [-0.3, -0.25) is 14.4 Å². The van der Waals surface area contributed by atoms with Crippen LogP contribution in [0.3, 0.4) is 0 Å². The number of carboxylic acids is 1. The van der Waals surface area contributed by atoms with Crippen molar-refractivity contribution in [1.82, 2.24) is 9.88 Å². The summed E-state index contributed by atoms with van der Waals surface area (Å²) in [7, 11) is 0. The van der Waals surface area contributed by atoms with Crippen LogP contribution in [0.25, 0.3) is 0 Å². The molecule has 2 N–H and O–H groups in total. The lowest BCUT2D eigenvalue weighted by Gasteiger charge is -2.06. The van der Waals surface area contributed by atoms with E-state index < -0.39 is 5.97 Å². The molecule has 6 nitrogen and oxygen atoms in total. The van der Waals surface area contributed by atoms with E-state index in [-0.39, 0.29) is 30.9 Å². The van der Waals surface area contributed by atoms with Crippen molar-refractivity contribution in [3.05, 3.63) is 34.2 Å². The van der Waals surface area contributed by atoms with Gasteiger partial charge in [0.2, 0.25) is 5.91 Å². The monoisotopic (exact) mass is 266 g/mol. The molecule has 0 aliphatic carbocycles. The molecule has 0 aromatic carbocycles. The van der Waals surface area contributed by atoms with Gasteiger partial charge in [0.05, 0.1) is 6.42 Å². The summed E-state index contributed by atoms with van der Waals surface area (Å²) >= 11 is 0. The van der Waals surface area contributed by atoms with Gasteiger partial charge in [0, 0.05) is 31.8 Å². The molecule has 0 fully saturated rings. The van der Waals surface area contributed by atoms with Crippen LogP contribution in [-0.2, 0) is 16.1 Å². The molecule has 0 atom stereocenters. The second-order valence-electron chi connectivity index (χ2n) is 4.33. The van der Waals surface area contributed by atoms with Gasteiger partial charge in [-0.15, -0.1) is 0 Å². The third kappa shape index (κ3) is 5.85. The summed E-state index contributed by atoms with van der Waals surface area (Å²) in [6.45, 7) is 2.46. The molecule has 1 aromatic heterocycles. The number of carboxylic acid groups (broad SMARTS) is 1. The van der Waals surface area contributed by atoms with Gasteiger partial charge in [-0.1, -0.05) is 0 Å². The maximum absolute atomic E-state index is 11.6. The lowest BCUT2D eigenvalue weighted by Crippen LogP contribution is -2.26. The lowest BCUT2D eigenvalue weighted by atomic mass is 10.2. The molecule has 1 rings (SSSR count). The molecule has 19 heavy (non-hydrogen) atoms. The van der Waals surface area contributed by atoms with Crippen molar-refractivity contribution < 1.29 is 14.7 Å². The Morgan fingerprint density at radius 2 is 2.11 bits per heavy atom. The van der Waals surface area contributed by atoms with Crippen LogP contribution in [0.5, 0.6) is 0 Å². The smallest absolute Gasteiger partial charge is 0.305 e. The molecular weight excluding hydrogens is 248 g/mol. The molecule has 0 aliphatic rings. The standard InChI is InChI=1S/C13H18N2O4/c1-10-5-8-15(12(17)9-10)7-2-3-11(16)14-6-4-13(18)19/h5,8-9H,2-4,6-7H2,1H3,(H,14,16)(H,18,19). The topological polar surface area (TPSA) is 88.4 Å². The summed E-state index contributed by atoms with van der Waals surface area (Å²) in [5, 5.41) is 10.9. The zero-order valence-electron chi connectivity index (χ0n) is 10.9. The SMILES string of the molecule is Cc1ccn(CCCC(=O)NCCC(=O)O)c(=O)c1. The van der Waals surface area contributed by atoms with Gasteiger partial charge >= 0.3 is 5.97 Å². The van der Waals surface area contributed by atoms with Crippen molar-refractivity contribution in [3.8, 4) is 0 Å². The van der Waals surface area contributed by atoms with Crippen LogP contribution in [0.15, 0.2) is 23.1 Å².